The molecule has 1 aliphatic heterocycles. The zero-order valence-electron chi connectivity index (χ0n) is 22.9. The summed E-state index contributed by atoms with van der Waals surface area (Å²) in [7, 11) is 0. The summed E-state index contributed by atoms with van der Waals surface area (Å²) >= 11 is 0. The maximum absolute atomic E-state index is 14.0. The topological polar surface area (TPSA) is 71.2 Å². The molecule has 8 heteroatoms. The summed E-state index contributed by atoms with van der Waals surface area (Å²) in [5.41, 5.74) is 4.47. The summed E-state index contributed by atoms with van der Waals surface area (Å²) in [6, 6.07) is 15.8. The van der Waals surface area contributed by atoms with Gasteiger partial charge in [0, 0.05) is 30.2 Å². The largest absolute Gasteiger partial charge is 0.372 e. The van der Waals surface area contributed by atoms with Gasteiger partial charge in [-0.05, 0) is 80.8 Å². The van der Waals surface area contributed by atoms with Crippen molar-refractivity contribution < 1.29 is 18.3 Å². The quantitative estimate of drug-likeness (QED) is 0.287. The average Bonchev–Trinajstić information content (AvgIpc) is 3.22. The van der Waals surface area contributed by atoms with Gasteiger partial charge in [0.15, 0.2) is 0 Å². The van der Waals surface area contributed by atoms with E-state index in [0.29, 0.717) is 46.5 Å². The number of nitriles is 1. The molecule has 0 spiro atoms. The second kappa shape index (κ2) is 11.0. The highest BCUT2D eigenvalue weighted by Crippen LogP contribution is 2.37. The molecule has 2 unspecified atom stereocenters. The molecule has 5 rings (SSSR count). The number of rotatable bonds is 5. The minimum atomic E-state index is -0.585. The molecule has 6 nitrogen and oxygen atoms in total. The fourth-order valence-corrected chi connectivity index (χ4v) is 5.60. The van der Waals surface area contributed by atoms with Crippen molar-refractivity contribution in [1.29, 1.82) is 5.26 Å². The van der Waals surface area contributed by atoms with Crippen molar-refractivity contribution in [2.24, 2.45) is 0 Å². The van der Waals surface area contributed by atoms with Gasteiger partial charge in [-0.2, -0.15) is 5.26 Å². The third kappa shape index (κ3) is 5.25. The first-order valence-electron chi connectivity index (χ1n) is 13.2. The number of benzene rings is 2. The Hall–Kier alpha value is -4.35. The van der Waals surface area contributed by atoms with Gasteiger partial charge in [-0.25, -0.2) is 13.8 Å². The number of fused-ring (bicyclic) bond motifs is 1. The summed E-state index contributed by atoms with van der Waals surface area (Å²) in [6.45, 7) is 8.59. The molecule has 0 N–H and O–H groups in total. The van der Waals surface area contributed by atoms with Gasteiger partial charge in [0.05, 0.1) is 29.5 Å². The van der Waals surface area contributed by atoms with E-state index < -0.39 is 6.04 Å². The molecule has 1 fully saturated rings. The average molecular weight is 541 g/mol. The van der Waals surface area contributed by atoms with Gasteiger partial charge in [0.1, 0.15) is 23.4 Å². The van der Waals surface area contributed by atoms with Crippen LogP contribution in [0.25, 0.3) is 17.1 Å². The van der Waals surface area contributed by atoms with E-state index in [4.69, 9.17) is 9.72 Å². The van der Waals surface area contributed by atoms with Crippen molar-refractivity contribution in [2.75, 3.05) is 13.1 Å². The lowest BCUT2D eigenvalue weighted by Gasteiger charge is -2.34. The Kier molecular flexibility index (Phi) is 7.51. The highest BCUT2D eigenvalue weighted by atomic mass is 19.1. The van der Waals surface area contributed by atoms with E-state index in [0.717, 1.165) is 11.3 Å². The third-order valence-electron chi connectivity index (χ3n) is 7.18. The van der Waals surface area contributed by atoms with Crippen LogP contribution in [0.15, 0.2) is 60.7 Å². The molecule has 204 valence electrons. The van der Waals surface area contributed by atoms with Crippen LogP contribution < -0.4 is 0 Å². The first kappa shape index (κ1) is 27.2. The first-order chi connectivity index (χ1) is 19.2. The van der Waals surface area contributed by atoms with Crippen molar-refractivity contribution in [3.8, 4) is 6.07 Å². The van der Waals surface area contributed by atoms with Crippen LogP contribution in [-0.4, -0.2) is 45.7 Å². The number of hydrogen-bond acceptors (Lipinski definition) is 4. The van der Waals surface area contributed by atoms with Crippen LogP contribution >= 0.6 is 0 Å². The predicted octanol–water partition coefficient (Wildman–Crippen LogP) is 6.09. The van der Waals surface area contributed by atoms with E-state index in [9.17, 15) is 18.8 Å². The smallest absolute Gasteiger partial charge is 0.246 e. The Morgan fingerprint density at radius 2 is 1.57 bits per heavy atom. The van der Waals surface area contributed by atoms with Crippen LogP contribution in [0.3, 0.4) is 0 Å². The molecule has 1 aliphatic rings. The van der Waals surface area contributed by atoms with E-state index in [1.54, 1.807) is 35.2 Å². The van der Waals surface area contributed by atoms with Crippen molar-refractivity contribution in [2.45, 2.75) is 45.9 Å². The molecule has 1 amide bonds. The Labute approximate surface area is 232 Å². The molecule has 0 radical (unpaired) electrons. The van der Waals surface area contributed by atoms with E-state index in [-0.39, 0.29) is 29.7 Å². The molecule has 3 heterocycles. The molecule has 1 saturated heterocycles. The maximum Gasteiger partial charge on any atom is 0.246 e. The van der Waals surface area contributed by atoms with E-state index in [2.05, 4.69) is 6.07 Å². The molecule has 0 aliphatic carbocycles. The van der Waals surface area contributed by atoms with Crippen LogP contribution in [-0.2, 0) is 9.53 Å². The third-order valence-corrected chi connectivity index (χ3v) is 7.18. The number of amides is 1. The second-order valence-electron chi connectivity index (χ2n) is 10.4. The number of carbonyl (C=O) groups is 1. The molecule has 2 atom stereocenters. The SMILES string of the molecule is Cc1cc(C)c2c(C#N)c(/C=C/C(=O)N3CC(C)OC(C)C3)n(C(c3ccc(F)cc3)c3ccc(F)cc3)c2n1. The standard InChI is InChI=1S/C32H30F2N4O2/c1-19-15-20(2)36-32-30(19)27(16-35)28(13-14-29(39)37-17-21(3)40-22(4)18-37)38(32)31(23-5-9-25(33)10-6-23)24-7-11-26(34)12-8-24/h5-15,21-22,31H,17-18H2,1-4H3/b14-13+. The van der Waals surface area contributed by atoms with Gasteiger partial charge in [0.2, 0.25) is 5.91 Å². The lowest BCUT2D eigenvalue weighted by Crippen LogP contribution is -2.47. The number of ether oxygens (including phenoxy) is 1. The van der Waals surface area contributed by atoms with Crippen molar-refractivity contribution in [3.63, 3.8) is 0 Å². The summed E-state index contributed by atoms with van der Waals surface area (Å²) in [5.74, 6) is -0.967. The van der Waals surface area contributed by atoms with Gasteiger partial charge in [0.25, 0.3) is 0 Å². The van der Waals surface area contributed by atoms with Crippen LogP contribution in [0.5, 0.6) is 0 Å². The van der Waals surface area contributed by atoms with E-state index in [1.165, 1.54) is 30.3 Å². The minimum Gasteiger partial charge on any atom is -0.372 e. The monoisotopic (exact) mass is 540 g/mol. The van der Waals surface area contributed by atoms with Gasteiger partial charge >= 0.3 is 0 Å². The highest BCUT2D eigenvalue weighted by molar-refractivity contribution is 5.96. The first-order valence-corrected chi connectivity index (χ1v) is 13.2. The van der Waals surface area contributed by atoms with Crippen molar-refractivity contribution >= 4 is 23.0 Å². The molecule has 0 saturated carbocycles. The van der Waals surface area contributed by atoms with Gasteiger partial charge in [-0.15, -0.1) is 0 Å². The zero-order chi connectivity index (χ0) is 28.6. The van der Waals surface area contributed by atoms with E-state index in [1.807, 2.05) is 38.3 Å². The second-order valence-corrected chi connectivity index (χ2v) is 10.4. The number of hydrogen-bond donors (Lipinski definition) is 0. The van der Waals surface area contributed by atoms with Crippen LogP contribution in [0.1, 0.15) is 53.5 Å². The van der Waals surface area contributed by atoms with Gasteiger partial charge in [-0.3, -0.25) is 4.79 Å². The molecule has 2 aromatic heterocycles. The number of aryl methyl sites for hydroxylation is 2. The fraction of sp³-hybridized carbons (Fsp3) is 0.281. The number of morpholine rings is 1. The normalized spacial score (nSPS) is 17.6. The van der Waals surface area contributed by atoms with E-state index >= 15 is 0 Å². The van der Waals surface area contributed by atoms with Crippen LogP contribution in [0.2, 0.25) is 0 Å². The Morgan fingerprint density at radius 1 is 1.02 bits per heavy atom. The van der Waals surface area contributed by atoms with Gasteiger partial charge in [-0.1, -0.05) is 24.3 Å². The molecular formula is C32H30F2N4O2. The van der Waals surface area contributed by atoms with Crippen LogP contribution in [0, 0.1) is 36.8 Å². The zero-order valence-corrected chi connectivity index (χ0v) is 22.9. The number of pyridine rings is 1. The molecular weight excluding hydrogens is 510 g/mol. The fourth-order valence-electron chi connectivity index (χ4n) is 5.60. The van der Waals surface area contributed by atoms with Crippen LogP contribution in [0.4, 0.5) is 8.78 Å². The highest BCUT2D eigenvalue weighted by Gasteiger charge is 2.28. The number of halogens is 2. The van der Waals surface area contributed by atoms with Crippen molar-refractivity contribution in [3.05, 3.63) is 106 Å². The number of aromatic nitrogens is 2. The summed E-state index contributed by atoms with van der Waals surface area (Å²) in [6.07, 6.45) is 2.96. The molecule has 2 aromatic carbocycles. The molecule has 0 bridgehead atoms. The van der Waals surface area contributed by atoms with Gasteiger partial charge < -0.3 is 14.2 Å². The van der Waals surface area contributed by atoms with Crippen molar-refractivity contribution in [1.82, 2.24) is 14.5 Å². The Balaban J connectivity index is 1.75. The summed E-state index contributed by atoms with van der Waals surface area (Å²) < 4.78 is 35.6. The lowest BCUT2D eigenvalue weighted by atomic mass is 9.97. The number of carbonyl (C=O) groups excluding carboxylic acids is 1. The lowest BCUT2D eigenvalue weighted by molar-refractivity contribution is -0.137. The Morgan fingerprint density at radius 3 is 2.10 bits per heavy atom. The Bertz CT molecular complexity index is 1580. The molecule has 4 aromatic rings. The number of nitrogens with zero attached hydrogens (tertiary/aromatic N) is 4. The summed E-state index contributed by atoms with van der Waals surface area (Å²) in [4.78, 5) is 19.8. The predicted molar refractivity (Wildman–Crippen MR) is 150 cm³/mol. The minimum absolute atomic E-state index is 0.0848. The maximum atomic E-state index is 14.0. The summed E-state index contributed by atoms with van der Waals surface area (Å²) in [5, 5.41) is 11.0. The molecule has 40 heavy (non-hydrogen) atoms.